The maximum absolute atomic E-state index is 11.8. The van der Waals surface area contributed by atoms with Crippen LogP contribution in [0.4, 0.5) is 0 Å². The lowest BCUT2D eigenvalue weighted by molar-refractivity contribution is -0.139. The van der Waals surface area contributed by atoms with Gasteiger partial charge in [0, 0.05) is 17.2 Å². The molecule has 0 aliphatic carbocycles. The lowest BCUT2D eigenvalue weighted by atomic mass is 9.85. The molecule has 7 nitrogen and oxygen atoms in total. The number of carbonyl (C=O) groups is 1. The number of halogens is 1. The first-order valence-corrected chi connectivity index (χ1v) is 18.3. The van der Waals surface area contributed by atoms with E-state index < -0.39 is 19.3 Å². The van der Waals surface area contributed by atoms with Crippen LogP contribution in [0.25, 0.3) is 0 Å². The standard InChI is InChI=1S/C31H48ClNO6SSi/c1-29(2,3)41(8,9)39-26(30(4,5)28-33-24(21-40-28)19-27(34)37-7)11-10-16-31(35,22-32)17-18-38-20-23-12-14-25(36-6)15-13-23/h10,12-16,21,26,35H,11,17-20,22H2,1-9H3/b16-10+. The molecule has 1 aromatic heterocycles. The van der Waals surface area contributed by atoms with Crippen LogP contribution < -0.4 is 4.74 Å². The number of alkyl halides is 1. The SMILES string of the molecule is COC(=O)Cc1csc(C(C)(C)C(C/C=C/C(O)(CCl)CCOCc2ccc(OC)cc2)O[Si](C)(C)C(C)(C)C)n1. The Bertz CT molecular complexity index is 1130. The predicted octanol–water partition coefficient (Wildman–Crippen LogP) is 7.06. The minimum absolute atomic E-state index is 0.0159. The summed E-state index contributed by atoms with van der Waals surface area (Å²) in [6.07, 6.45) is 4.61. The molecule has 0 saturated carbocycles. The molecule has 0 bridgehead atoms. The Kier molecular flexibility index (Phi) is 13.1. The topological polar surface area (TPSA) is 87.1 Å². The van der Waals surface area contributed by atoms with E-state index in [1.54, 1.807) is 13.2 Å². The minimum atomic E-state index is -2.15. The number of thiazole rings is 1. The summed E-state index contributed by atoms with van der Waals surface area (Å²) in [5.74, 6) is 0.534. The lowest BCUT2D eigenvalue weighted by Gasteiger charge is -2.43. The van der Waals surface area contributed by atoms with Gasteiger partial charge in [0.2, 0.25) is 0 Å². The molecule has 10 heteroatoms. The van der Waals surface area contributed by atoms with Gasteiger partial charge in [0.25, 0.3) is 0 Å². The van der Waals surface area contributed by atoms with Crippen molar-refractivity contribution in [3.63, 3.8) is 0 Å². The largest absolute Gasteiger partial charge is 0.497 e. The molecular weight excluding hydrogens is 578 g/mol. The zero-order valence-electron chi connectivity index (χ0n) is 26.1. The number of carbonyl (C=O) groups excluding carboxylic acids is 1. The second-order valence-corrected chi connectivity index (χ2v) is 18.4. The number of esters is 1. The fraction of sp³-hybridized carbons (Fsp3) is 0.613. The van der Waals surface area contributed by atoms with Crippen molar-refractivity contribution in [2.24, 2.45) is 0 Å². The molecule has 0 radical (unpaired) electrons. The van der Waals surface area contributed by atoms with Crippen molar-refractivity contribution in [2.45, 2.75) is 95.7 Å². The number of aliphatic hydroxyl groups is 1. The first-order chi connectivity index (χ1) is 19.1. The molecule has 0 saturated heterocycles. The number of benzene rings is 1. The van der Waals surface area contributed by atoms with Gasteiger partial charge in [-0.3, -0.25) is 4.79 Å². The smallest absolute Gasteiger partial charge is 0.311 e. The van der Waals surface area contributed by atoms with Crippen molar-refractivity contribution in [1.82, 2.24) is 4.98 Å². The van der Waals surface area contributed by atoms with Gasteiger partial charge in [0.1, 0.15) is 10.8 Å². The van der Waals surface area contributed by atoms with Crippen LogP contribution >= 0.6 is 22.9 Å². The van der Waals surface area contributed by atoms with Crippen LogP contribution in [-0.2, 0) is 37.1 Å². The number of aromatic nitrogens is 1. The van der Waals surface area contributed by atoms with Crippen LogP contribution in [0.1, 0.15) is 63.7 Å². The zero-order valence-corrected chi connectivity index (χ0v) is 28.7. The number of ether oxygens (including phenoxy) is 3. The molecule has 1 heterocycles. The number of rotatable bonds is 16. The van der Waals surface area contributed by atoms with Crippen LogP contribution in [0.2, 0.25) is 18.1 Å². The Hall–Kier alpha value is -1.75. The van der Waals surface area contributed by atoms with Gasteiger partial charge >= 0.3 is 5.97 Å². The molecule has 0 amide bonds. The number of hydrogen-bond donors (Lipinski definition) is 1. The molecule has 41 heavy (non-hydrogen) atoms. The van der Waals surface area contributed by atoms with Crippen molar-refractivity contribution in [3.8, 4) is 5.75 Å². The summed E-state index contributed by atoms with van der Waals surface area (Å²) in [7, 11) is 0.863. The highest BCUT2D eigenvalue weighted by Gasteiger charge is 2.44. The first kappa shape index (κ1) is 35.4. The average Bonchev–Trinajstić information content (AvgIpc) is 3.39. The quantitative estimate of drug-likeness (QED) is 0.0702. The second kappa shape index (κ2) is 15.1. The molecular formula is C31H48ClNO6SSi. The molecule has 2 aromatic rings. The van der Waals surface area contributed by atoms with E-state index in [1.807, 2.05) is 35.7 Å². The predicted molar refractivity (Wildman–Crippen MR) is 170 cm³/mol. The average molecular weight is 626 g/mol. The van der Waals surface area contributed by atoms with Crippen LogP contribution in [0.3, 0.4) is 0 Å². The zero-order chi connectivity index (χ0) is 30.9. The van der Waals surface area contributed by atoms with E-state index in [9.17, 15) is 9.90 Å². The Morgan fingerprint density at radius 3 is 2.37 bits per heavy atom. The molecule has 0 spiro atoms. The minimum Gasteiger partial charge on any atom is -0.497 e. The van der Waals surface area contributed by atoms with E-state index in [1.165, 1.54) is 18.4 Å². The van der Waals surface area contributed by atoms with E-state index in [4.69, 9.17) is 35.2 Å². The monoisotopic (exact) mass is 625 g/mol. The molecule has 2 rings (SSSR count). The van der Waals surface area contributed by atoms with Gasteiger partial charge in [-0.1, -0.05) is 58.9 Å². The molecule has 2 unspecified atom stereocenters. The third-order valence-electron chi connectivity index (χ3n) is 7.82. The third-order valence-corrected chi connectivity index (χ3v) is 14.0. The normalized spacial score (nSPS) is 15.1. The maximum atomic E-state index is 11.8. The highest BCUT2D eigenvalue weighted by Crippen LogP contribution is 2.42. The Labute approximate surface area is 256 Å². The Balaban J connectivity index is 2.15. The van der Waals surface area contributed by atoms with Crippen LogP contribution in [-0.4, -0.2) is 62.8 Å². The second-order valence-electron chi connectivity index (χ2n) is 12.5. The lowest BCUT2D eigenvalue weighted by Crippen LogP contribution is -2.49. The van der Waals surface area contributed by atoms with Gasteiger partial charge in [-0.05, 0) is 42.2 Å². The van der Waals surface area contributed by atoms with Crippen LogP contribution in [0.15, 0.2) is 41.8 Å². The van der Waals surface area contributed by atoms with Crippen LogP contribution in [0, 0.1) is 0 Å². The molecule has 230 valence electrons. The van der Waals surface area contributed by atoms with Crippen molar-refractivity contribution in [2.75, 3.05) is 26.7 Å². The Morgan fingerprint density at radius 2 is 1.80 bits per heavy atom. The van der Waals surface area contributed by atoms with Gasteiger partial charge < -0.3 is 23.7 Å². The third kappa shape index (κ3) is 10.5. The van der Waals surface area contributed by atoms with Gasteiger partial charge in [-0.15, -0.1) is 22.9 Å². The summed E-state index contributed by atoms with van der Waals surface area (Å²) in [5.41, 5.74) is 0.0692. The van der Waals surface area contributed by atoms with E-state index in [2.05, 4.69) is 47.7 Å². The molecule has 0 aliphatic heterocycles. The highest BCUT2D eigenvalue weighted by atomic mass is 35.5. The van der Waals surface area contributed by atoms with Crippen molar-refractivity contribution in [3.05, 3.63) is 58.1 Å². The molecule has 2 atom stereocenters. The van der Waals surface area contributed by atoms with E-state index in [-0.39, 0.29) is 29.4 Å². The summed E-state index contributed by atoms with van der Waals surface area (Å²) in [6, 6.07) is 7.70. The number of methoxy groups -OCH3 is 2. The summed E-state index contributed by atoms with van der Waals surface area (Å²) >= 11 is 7.75. The van der Waals surface area contributed by atoms with Crippen molar-refractivity contribution in [1.29, 1.82) is 0 Å². The fourth-order valence-electron chi connectivity index (χ4n) is 3.83. The molecule has 1 aromatic carbocycles. The van der Waals surface area contributed by atoms with Gasteiger partial charge in [0.05, 0.1) is 57.1 Å². The number of nitrogens with zero attached hydrogens (tertiary/aromatic N) is 1. The summed E-state index contributed by atoms with van der Waals surface area (Å²) in [5, 5.41) is 14.0. The van der Waals surface area contributed by atoms with Crippen molar-refractivity contribution < 1.29 is 28.5 Å². The summed E-state index contributed by atoms with van der Waals surface area (Å²) in [4.78, 5) is 16.6. The summed E-state index contributed by atoms with van der Waals surface area (Å²) in [6.45, 7) is 16.2. The van der Waals surface area contributed by atoms with Gasteiger partial charge in [0.15, 0.2) is 8.32 Å². The summed E-state index contributed by atoms with van der Waals surface area (Å²) < 4.78 is 22.8. The van der Waals surface area contributed by atoms with Gasteiger partial charge in [-0.2, -0.15) is 0 Å². The fourth-order valence-corrected chi connectivity index (χ4v) is 6.50. The highest BCUT2D eigenvalue weighted by molar-refractivity contribution is 7.09. The van der Waals surface area contributed by atoms with E-state index >= 15 is 0 Å². The number of hydrogen-bond acceptors (Lipinski definition) is 8. The first-order valence-electron chi connectivity index (χ1n) is 13.9. The van der Waals surface area contributed by atoms with E-state index in [0.29, 0.717) is 31.7 Å². The Morgan fingerprint density at radius 1 is 1.15 bits per heavy atom. The molecule has 0 aliphatic rings. The maximum Gasteiger partial charge on any atom is 0.311 e. The van der Waals surface area contributed by atoms with Gasteiger partial charge in [-0.25, -0.2) is 4.98 Å². The molecule has 0 fully saturated rings. The van der Waals surface area contributed by atoms with Crippen molar-refractivity contribution >= 4 is 37.2 Å². The van der Waals surface area contributed by atoms with Crippen LogP contribution in [0.5, 0.6) is 5.75 Å². The van der Waals surface area contributed by atoms with E-state index in [0.717, 1.165) is 16.3 Å². The molecule has 1 N–H and O–H groups in total.